The van der Waals surface area contributed by atoms with E-state index < -0.39 is 29.3 Å². The third-order valence-electron chi connectivity index (χ3n) is 3.84. The van der Waals surface area contributed by atoms with Gasteiger partial charge in [-0.3, -0.25) is 9.59 Å². The van der Waals surface area contributed by atoms with E-state index in [1.54, 1.807) is 18.2 Å². The number of carboxylic acids is 1. The van der Waals surface area contributed by atoms with E-state index in [0.29, 0.717) is 0 Å². The molecular weight excluding hydrogens is 328 g/mol. The van der Waals surface area contributed by atoms with Gasteiger partial charge in [-0.2, -0.15) is 8.78 Å². The zero-order valence-corrected chi connectivity index (χ0v) is 13.7. The summed E-state index contributed by atoms with van der Waals surface area (Å²) in [6, 6.07) is 14.0. The number of carbonyl (C=O) groups excluding carboxylic acids is 1. The monoisotopic (exact) mass is 347 g/mol. The topological polar surface area (TPSA) is 66.4 Å². The van der Waals surface area contributed by atoms with Gasteiger partial charge >= 0.3 is 11.9 Å². The lowest BCUT2D eigenvalue weighted by Crippen LogP contribution is -2.42. The number of hydrogen-bond donors (Lipinski definition) is 2. The van der Waals surface area contributed by atoms with E-state index in [4.69, 9.17) is 0 Å². The Balaban J connectivity index is 2.03. The fourth-order valence-corrected chi connectivity index (χ4v) is 2.48. The molecule has 0 aliphatic heterocycles. The van der Waals surface area contributed by atoms with Crippen LogP contribution in [0.15, 0.2) is 54.6 Å². The Morgan fingerprint density at radius 3 is 2.40 bits per heavy atom. The first-order chi connectivity index (χ1) is 11.8. The molecule has 1 atom stereocenters. The van der Waals surface area contributed by atoms with E-state index in [0.717, 1.165) is 23.3 Å². The number of aliphatic carboxylic acids is 1. The van der Waals surface area contributed by atoms with Gasteiger partial charge in [0.05, 0.1) is 5.92 Å². The van der Waals surface area contributed by atoms with Crippen molar-refractivity contribution in [3.63, 3.8) is 0 Å². The predicted molar refractivity (Wildman–Crippen MR) is 89.4 cm³/mol. The highest BCUT2D eigenvalue weighted by Gasteiger charge is 2.40. The zero-order chi connectivity index (χ0) is 18.4. The highest BCUT2D eigenvalue weighted by molar-refractivity contribution is 5.85. The molecule has 0 aromatic heterocycles. The number of benzene rings is 2. The summed E-state index contributed by atoms with van der Waals surface area (Å²) in [6.07, 6.45) is 0.147. The van der Waals surface area contributed by atoms with E-state index in [9.17, 15) is 23.5 Å². The van der Waals surface area contributed by atoms with E-state index in [1.807, 2.05) is 19.1 Å². The maximum absolute atomic E-state index is 14.1. The van der Waals surface area contributed by atoms with Gasteiger partial charge in [0.2, 0.25) is 0 Å². The van der Waals surface area contributed by atoms with Gasteiger partial charge in [-0.15, -0.1) is 0 Å². The fraction of sp³-hybridized carbons (Fsp3) is 0.263. The molecule has 132 valence electrons. The molecule has 2 aromatic carbocycles. The molecule has 0 bridgehead atoms. The van der Waals surface area contributed by atoms with E-state index in [1.165, 1.54) is 12.1 Å². The second-order valence-electron chi connectivity index (χ2n) is 5.88. The van der Waals surface area contributed by atoms with E-state index in [2.05, 4.69) is 5.32 Å². The largest absolute Gasteiger partial charge is 0.481 e. The second-order valence-corrected chi connectivity index (χ2v) is 5.88. The maximum Gasteiger partial charge on any atom is 0.349 e. The van der Waals surface area contributed by atoms with Crippen LogP contribution >= 0.6 is 0 Å². The Morgan fingerprint density at radius 1 is 1.12 bits per heavy atom. The Labute approximate surface area is 144 Å². The van der Waals surface area contributed by atoms with Crippen molar-refractivity contribution in [3.05, 3.63) is 71.3 Å². The van der Waals surface area contributed by atoms with Crippen molar-refractivity contribution in [2.75, 3.05) is 6.54 Å². The van der Waals surface area contributed by atoms with Gasteiger partial charge in [0.25, 0.3) is 5.91 Å². The summed E-state index contributed by atoms with van der Waals surface area (Å²) in [5.74, 6) is -7.36. The number of amides is 1. The maximum atomic E-state index is 14.1. The molecule has 0 saturated heterocycles. The number of aryl methyl sites for hydroxylation is 1. The fourth-order valence-electron chi connectivity index (χ4n) is 2.48. The highest BCUT2D eigenvalue weighted by Crippen LogP contribution is 2.27. The summed E-state index contributed by atoms with van der Waals surface area (Å²) in [6.45, 7) is 1.51. The lowest BCUT2D eigenvalue weighted by molar-refractivity contribution is -0.148. The average Bonchev–Trinajstić information content (AvgIpc) is 2.58. The SMILES string of the molecule is Cc1cccc(CC(CNC(=O)C(F)(F)c2ccccc2)C(=O)O)c1. The molecule has 0 saturated carbocycles. The lowest BCUT2D eigenvalue weighted by atomic mass is 9.98. The van der Waals surface area contributed by atoms with Crippen molar-refractivity contribution in [2.45, 2.75) is 19.3 Å². The number of rotatable bonds is 7. The van der Waals surface area contributed by atoms with Gasteiger partial charge in [0, 0.05) is 12.1 Å². The Morgan fingerprint density at radius 2 is 1.80 bits per heavy atom. The minimum absolute atomic E-state index is 0.147. The van der Waals surface area contributed by atoms with Crippen molar-refractivity contribution in [1.82, 2.24) is 5.32 Å². The van der Waals surface area contributed by atoms with Gasteiger partial charge in [-0.25, -0.2) is 0 Å². The molecule has 25 heavy (non-hydrogen) atoms. The molecule has 2 rings (SSSR count). The van der Waals surface area contributed by atoms with Crippen LogP contribution in [0.1, 0.15) is 16.7 Å². The smallest absolute Gasteiger partial charge is 0.349 e. The number of alkyl halides is 2. The van der Waals surface area contributed by atoms with E-state index >= 15 is 0 Å². The minimum atomic E-state index is -3.71. The minimum Gasteiger partial charge on any atom is -0.481 e. The summed E-state index contributed by atoms with van der Waals surface area (Å²) in [5.41, 5.74) is 1.32. The van der Waals surface area contributed by atoms with Crippen LogP contribution in [0.5, 0.6) is 0 Å². The molecule has 0 aliphatic rings. The van der Waals surface area contributed by atoms with Crippen molar-refractivity contribution < 1.29 is 23.5 Å². The molecule has 0 aliphatic carbocycles. The van der Waals surface area contributed by atoms with Crippen LogP contribution in [0.3, 0.4) is 0 Å². The van der Waals surface area contributed by atoms with Crippen LogP contribution in [-0.2, 0) is 21.9 Å². The van der Waals surface area contributed by atoms with Crippen molar-refractivity contribution in [2.24, 2.45) is 5.92 Å². The summed E-state index contributed by atoms with van der Waals surface area (Å²) >= 11 is 0. The molecule has 4 nitrogen and oxygen atoms in total. The lowest BCUT2D eigenvalue weighted by Gasteiger charge is -2.19. The van der Waals surface area contributed by atoms with Crippen LogP contribution in [0.4, 0.5) is 8.78 Å². The first-order valence-electron chi connectivity index (χ1n) is 7.80. The van der Waals surface area contributed by atoms with Crippen LogP contribution in [0.25, 0.3) is 0 Å². The molecule has 0 radical (unpaired) electrons. The number of halogens is 2. The Bertz CT molecular complexity index is 747. The van der Waals surface area contributed by atoms with Gasteiger partial charge in [-0.1, -0.05) is 60.2 Å². The number of hydrogen-bond acceptors (Lipinski definition) is 2. The van der Waals surface area contributed by atoms with E-state index in [-0.39, 0.29) is 13.0 Å². The Hall–Kier alpha value is -2.76. The van der Waals surface area contributed by atoms with Gasteiger partial charge in [0.1, 0.15) is 0 Å². The van der Waals surface area contributed by atoms with Crippen molar-refractivity contribution >= 4 is 11.9 Å². The van der Waals surface area contributed by atoms with Gasteiger partial charge in [-0.05, 0) is 18.9 Å². The first kappa shape index (κ1) is 18.6. The third-order valence-corrected chi connectivity index (χ3v) is 3.84. The average molecular weight is 347 g/mol. The molecular formula is C19H19F2NO3. The van der Waals surface area contributed by atoms with Crippen LogP contribution < -0.4 is 5.32 Å². The molecule has 0 fully saturated rings. The molecule has 2 aromatic rings. The molecule has 6 heteroatoms. The summed E-state index contributed by atoms with van der Waals surface area (Å²) in [7, 11) is 0. The number of carbonyl (C=O) groups is 2. The molecule has 1 amide bonds. The number of nitrogens with one attached hydrogen (secondary N) is 1. The van der Waals surface area contributed by atoms with Crippen LogP contribution in [0.2, 0.25) is 0 Å². The normalized spacial score (nSPS) is 12.4. The van der Waals surface area contributed by atoms with Gasteiger partial charge in [0.15, 0.2) is 0 Å². The predicted octanol–water partition coefficient (Wildman–Crippen LogP) is 3.15. The summed E-state index contributed by atoms with van der Waals surface area (Å²) in [4.78, 5) is 23.2. The summed E-state index contributed by atoms with van der Waals surface area (Å²) in [5, 5.41) is 11.4. The highest BCUT2D eigenvalue weighted by atomic mass is 19.3. The standard InChI is InChI=1S/C19H19F2NO3/c1-13-6-5-7-14(10-13)11-15(17(23)24)12-22-18(25)19(20,21)16-8-3-2-4-9-16/h2-10,15H,11-12H2,1H3,(H,22,25)(H,23,24). The first-order valence-corrected chi connectivity index (χ1v) is 7.80. The molecule has 1 unspecified atom stereocenters. The third kappa shape index (κ3) is 4.86. The van der Waals surface area contributed by atoms with Gasteiger partial charge < -0.3 is 10.4 Å². The van der Waals surface area contributed by atoms with Crippen molar-refractivity contribution in [3.8, 4) is 0 Å². The zero-order valence-electron chi connectivity index (χ0n) is 13.7. The van der Waals surface area contributed by atoms with Crippen molar-refractivity contribution in [1.29, 1.82) is 0 Å². The molecule has 0 spiro atoms. The molecule has 0 heterocycles. The summed E-state index contributed by atoms with van der Waals surface area (Å²) < 4.78 is 28.2. The quantitative estimate of drug-likeness (QED) is 0.809. The number of carboxylic acid groups (broad SMARTS) is 1. The van der Waals surface area contributed by atoms with Crippen LogP contribution in [0, 0.1) is 12.8 Å². The van der Waals surface area contributed by atoms with Crippen LogP contribution in [-0.4, -0.2) is 23.5 Å². The second kappa shape index (κ2) is 7.88. The Kier molecular flexibility index (Phi) is 5.85. The molecule has 2 N–H and O–H groups in total.